The molecule has 3 heterocycles. The SMILES string of the molecule is Cl.Cl.c1ccc2c(c1)OCC(CCNCC1CCN(c3nc4ccccc4s3)CC1)O2. The van der Waals surface area contributed by atoms with Gasteiger partial charge < -0.3 is 19.7 Å². The second-order valence-electron chi connectivity index (χ2n) is 7.88. The summed E-state index contributed by atoms with van der Waals surface area (Å²) < 4.78 is 13.1. The lowest BCUT2D eigenvalue weighted by Crippen LogP contribution is -2.38. The molecule has 1 atom stereocenters. The molecule has 1 unspecified atom stereocenters. The quantitative estimate of drug-likeness (QED) is 0.491. The Kier molecular flexibility index (Phi) is 8.67. The van der Waals surface area contributed by atoms with Crippen molar-refractivity contribution < 1.29 is 9.47 Å². The average Bonchev–Trinajstić information content (AvgIpc) is 3.21. The molecule has 0 aliphatic carbocycles. The van der Waals surface area contributed by atoms with E-state index < -0.39 is 0 Å². The number of halogens is 2. The fourth-order valence-electron chi connectivity index (χ4n) is 4.10. The number of hydrogen-bond donors (Lipinski definition) is 1. The van der Waals surface area contributed by atoms with Gasteiger partial charge in [-0.1, -0.05) is 35.6 Å². The Morgan fingerprint density at radius 2 is 1.74 bits per heavy atom. The van der Waals surface area contributed by atoms with Crippen LogP contribution in [0.2, 0.25) is 0 Å². The molecule has 1 N–H and O–H groups in total. The van der Waals surface area contributed by atoms with Crippen molar-refractivity contribution in [1.82, 2.24) is 10.3 Å². The second-order valence-corrected chi connectivity index (χ2v) is 8.89. The predicted octanol–water partition coefficient (Wildman–Crippen LogP) is 5.18. The lowest BCUT2D eigenvalue weighted by molar-refractivity contribution is 0.0846. The Morgan fingerprint density at radius 3 is 2.55 bits per heavy atom. The highest BCUT2D eigenvalue weighted by atomic mass is 35.5. The lowest BCUT2D eigenvalue weighted by atomic mass is 9.97. The van der Waals surface area contributed by atoms with Crippen molar-refractivity contribution in [1.29, 1.82) is 0 Å². The van der Waals surface area contributed by atoms with E-state index in [-0.39, 0.29) is 30.9 Å². The minimum absolute atomic E-state index is 0. The third kappa shape index (κ3) is 5.75. The van der Waals surface area contributed by atoms with Gasteiger partial charge >= 0.3 is 0 Å². The Labute approximate surface area is 200 Å². The molecule has 1 fully saturated rings. The van der Waals surface area contributed by atoms with Gasteiger partial charge in [-0.15, -0.1) is 24.8 Å². The summed E-state index contributed by atoms with van der Waals surface area (Å²) in [6, 6.07) is 16.3. The standard InChI is InChI=1S/C23H27N3O2S.2ClH/c1-4-8-22-19(5-1)25-23(29-22)26-13-10-17(11-14-26)15-24-12-9-18-16-27-20-6-2-3-7-21(20)28-18;;/h1-8,17-18,24H,9-16H2;2*1H. The molecule has 0 amide bonds. The molecule has 2 aliphatic heterocycles. The molecule has 1 saturated heterocycles. The smallest absolute Gasteiger partial charge is 0.186 e. The van der Waals surface area contributed by atoms with Crippen molar-refractivity contribution in [3.05, 3.63) is 48.5 Å². The van der Waals surface area contributed by atoms with Gasteiger partial charge in [0.25, 0.3) is 0 Å². The maximum absolute atomic E-state index is 6.03. The van der Waals surface area contributed by atoms with Crippen LogP contribution >= 0.6 is 36.2 Å². The van der Waals surface area contributed by atoms with Gasteiger partial charge in [-0.05, 0) is 56.1 Å². The van der Waals surface area contributed by atoms with E-state index in [2.05, 4.69) is 34.5 Å². The zero-order valence-electron chi connectivity index (χ0n) is 17.4. The largest absolute Gasteiger partial charge is 0.486 e. The molecule has 5 nitrogen and oxygen atoms in total. The van der Waals surface area contributed by atoms with E-state index in [0.717, 1.165) is 55.5 Å². The fraction of sp³-hybridized carbons (Fsp3) is 0.435. The number of ether oxygens (including phenoxy) is 2. The first-order valence-corrected chi connectivity index (χ1v) is 11.4. The van der Waals surface area contributed by atoms with Crippen molar-refractivity contribution in [2.45, 2.75) is 25.4 Å². The fourth-order valence-corrected chi connectivity index (χ4v) is 5.12. The minimum atomic E-state index is 0. The average molecular weight is 482 g/mol. The molecule has 5 rings (SSSR count). The second kappa shape index (κ2) is 11.2. The van der Waals surface area contributed by atoms with E-state index in [9.17, 15) is 0 Å². The molecule has 8 heteroatoms. The van der Waals surface area contributed by atoms with E-state index >= 15 is 0 Å². The highest BCUT2D eigenvalue weighted by molar-refractivity contribution is 7.22. The number of nitrogens with one attached hydrogen (secondary N) is 1. The summed E-state index contributed by atoms with van der Waals surface area (Å²) in [6.45, 7) is 4.89. The predicted molar refractivity (Wildman–Crippen MR) is 133 cm³/mol. The molecular formula is C23H29Cl2N3O2S. The number of hydrogen-bond acceptors (Lipinski definition) is 6. The number of aromatic nitrogens is 1. The number of nitrogens with zero attached hydrogens (tertiary/aromatic N) is 2. The summed E-state index contributed by atoms with van der Waals surface area (Å²) in [5.41, 5.74) is 1.12. The van der Waals surface area contributed by atoms with Crippen molar-refractivity contribution in [3.8, 4) is 11.5 Å². The number of anilines is 1. The zero-order valence-corrected chi connectivity index (χ0v) is 19.8. The Balaban J connectivity index is 0.00000136. The number of fused-ring (bicyclic) bond motifs is 2. The normalized spacial score (nSPS) is 18.3. The number of rotatable bonds is 6. The van der Waals surface area contributed by atoms with Crippen LogP contribution in [0.3, 0.4) is 0 Å². The first kappa shape index (κ1) is 23.9. The van der Waals surface area contributed by atoms with Crippen LogP contribution in [-0.4, -0.2) is 43.9 Å². The molecule has 1 aromatic heterocycles. The van der Waals surface area contributed by atoms with Crippen LogP contribution in [0.1, 0.15) is 19.3 Å². The van der Waals surface area contributed by atoms with Crippen LogP contribution in [0, 0.1) is 5.92 Å². The summed E-state index contributed by atoms with van der Waals surface area (Å²) in [4.78, 5) is 7.26. The molecule has 0 radical (unpaired) electrons. The van der Waals surface area contributed by atoms with Gasteiger partial charge in [-0.2, -0.15) is 0 Å². The number of piperidine rings is 1. The highest BCUT2D eigenvalue weighted by Crippen LogP contribution is 2.32. The van der Waals surface area contributed by atoms with Crippen LogP contribution < -0.4 is 19.7 Å². The van der Waals surface area contributed by atoms with E-state index in [1.54, 1.807) is 0 Å². The number of benzene rings is 2. The molecule has 0 spiro atoms. The molecule has 31 heavy (non-hydrogen) atoms. The van der Waals surface area contributed by atoms with Gasteiger partial charge in [0, 0.05) is 19.5 Å². The van der Waals surface area contributed by atoms with Crippen molar-refractivity contribution in [3.63, 3.8) is 0 Å². The summed E-state index contributed by atoms with van der Waals surface area (Å²) in [5, 5.41) is 4.81. The van der Waals surface area contributed by atoms with Gasteiger partial charge in [0.15, 0.2) is 16.6 Å². The van der Waals surface area contributed by atoms with Gasteiger partial charge in [0.05, 0.1) is 10.2 Å². The maximum Gasteiger partial charge on any atom is 0.186 e. The van der Waals surface area contributed by atoms with E-state index in [1.165, 1.54) is 22.7 Å². The van der Waals surface area contributed by atoms with Gasteiger partial charge in [0.1, 0.15) is 12.7 Å². The Hall–Kier alpha value is -1.73. The van der Waals surface area contributed by atoms with Crippen LogP contribution in [0.25, 0.3) is 10.2 Å². The third-order valence-corrected chi connectivity index (χ3v) is 6.91. The van der Waals surface area contributed by atoms with E-state index in [1.807, 2.05) is 35.6 Å². The van der Waals surface area contributed by atoms with E-state index in [4.69, 9.17) is 14.5 Å². The van der Waals surface area contributed by atoms with Crippen LogP contribution in [0.5, 0.6) is 11.5 Å². The van der Waals surface area contributed by atoms with Gasteiger partial charge in [-0.25, -0.2) is 4.98 Å². The molecule has 0 bridgehead atoms. The molecule has 168 valence electrons. The zero-order chi connectivity index (χ0) is 19.5. The van der Waals surface area contributed by atoms with E-state index in [0.29, 0.717) is 6.61 Å². The summed E-state index contributed by atoms with van der Waals surface area (Å²) in [6.07, 6.45) is 3.55. The summed E-state index contributed by atoms with van der Waals surface area (Å²) in [7, 11) is 0. The van der Waals surface area contributed by atoms with Crippen LogP contribution in [0.4, 0.5) is 5.13 Å². The first-order chi connectivity index (χ1) is 14.3. The molecule has 2 aromatic carbocycles. The van der Waals surface area contributed by atoms with Crippen molar-refractivity contribution in [2.24, 2.45) is 5.92 Å². The van der Waals surface area contributed by atoms with Crippen molar-refractivity contribution in [2.75, 3.05) is 37.7 Å². The molecule has 2 aliphatic rings. The number of para-hydroxylation sites is 3. The minimum Gasteiger partial charge on any atom is -0.486 e. The molecule has 0 saturated carbocycles. The van der Waals surface area contributed by atoms with Crippen molar-refractivity contribution >= 4 is 51.5 Å². The van der Waals surface area contributed by atoms with Gasteiger partial charge in [0.2, 0.25) is 0 Å². The van der Waals surface area contributed by atoms with Gasteiger partial charge in [-0.3, -0.25) is 0 Å². The van der Waals surface area contributed by atoms with Crippen LogP contribution in [-0.2, 0) is 0 Å². The third-order valence-electron chi connectivity index (χ3n) is 5.81. The monoisotopic (exact) mass is 481 g/mol. The Morgan fingerprint density at radius 1 is 1.00 bits per heavy atom. The lowest BCUT2D eigenvalue weighted by Gasteiger charge is -2.32. The highest BCUT2D eigenvalue weighted by Gasteiger charge is 2.22. The Bertz CT molecular complexity index is 930. The number of thiazole rings is 1. The first-order valence-electron chi connectivity index (χ1n) is 10.5. The summed E-state index contributed by atoms with van der Waals surface area (Å²) >= 11 is 1.81. The summed E-state index contributed by atoms with van der Waals surface area (Å²) in [5.74, 6) is 2.47. The molecular weight excluding hydrogens is 453 g/mol. The topological polar surface area (TPSA) is 46.6 Å². The maximum atomic E-state index is 6.03. The van der Waals surface area contributed by atoms with Crippen LogP contribution in [0.15, 0.2) is 48.5 Å². The molecule has 3 aromatic rings.